The first kappa shape index (κ1) is 11.5. The van der Waals surface area contributed by atoms with Crippen molar-refractivity contribution in [1.29, 1.82) is 5.26 Å². The Morgan fingerprint density at radius 1 is 1.22 bits per heavy atom. The van der Waals surface area contributed by atoms with Crippen LogP contribution in [0.3, 0.4) is 0 Å². The van der Waals surface area contributed by atoms with Crippen LogP contribution in [0.25, 0.3) is 0 Å². The van der Waals surface area contributed by atoms with Crippen LogP contribution in [0.15, 0.2) is 42.0 Å². The number of nitriles is 1. The SMILES string of the molecule is N#CC1=CC2CCCC(C1)N2Cc1ccccc1. The van der Waals surface area contributed by atoms with E-state index in [1.807, 2.05) is 0 Å². The molecule has 2 bridgehead atoms. The van der Waals surface area contributed by atoms with Crippen molar-refractivity contribution in [3.8, 4) is 6.07 Å². The van der Waals surface area contributed by atoms with Gasteiger partial charge in [0.2, 0.25) is 0 Å². The lowest BCUT2D eigenvalue weighted by molar-refractivity contribution is 0.0900. The summed E-state index contributed by atoms with van der Waals surface area (Å²) < 4.78 is 0. The summed E-state index contributed by atoms with van der Waals surface area (Å²) in [4.78, 5) is 2.58. The quantitative estimate of drug-likeness (QED) is 0.790. The highest BCUT2D eigenvalue weighted by Crippen LogP contribution is 2.33. The predicted molar refractivity (Wildman–Crippen MR) is 71.7 cm³/mol. The van der Waals surface area contributed by atoms with Crippen LogP contribution >= 0.6 is 0 Å². The summed E-state index contributed by atoms with van der Waals surface area (Å²) in [6.07, 6.45) is 6.88. The lowest BCUT2D eigenvalue weighted by Gasteiger charge is -2.44. The van der Waals surface area contributed by atoms with Gasteiger partial charge in [0, 0.05) is 24.2 Å². The molecule has 1 saturated heterocycles. The van der Waals surface area contributed by atoms with Gasteiger partial charge in [-0.25, -0.2) is 0 Å². The van der Waals surface area contributed by atoms with Crippen LogP contribution < -0.4 is 0 Å². The van der Waals surface area contributed by atoms with Gasteiger partial charge in [0.1, 0.15) is 0 Å². The van der Waals surface area contributed by atoms with E-state index in [0.717, 1.165) is 18.5 Å². The Hall–Kier alpha value is -1.59. The molecule has 2 heterocycles. The Morgan fingerprint density at radius 3 is 2.78 bits per heavy atom. The minimum Gasteiger partial charge on any atom is -0.289 e. The molecule has 0 amide bonds. The molecule has 2 aliphatic heterocycles. The fourth-order valence-electron chi connectivity index (χ4n) is 3.24. The number of nitrogens with zero attached hydrogens (tertiary/aromatic N) is 2. The first-order valence-corrected chi connectivity index (χ1v) is 6.77. The molecule has 0 spiro atoms. The molecule has 0 N–H and O–H groups in total. The zero-order chi connectivity index (χ0) is 12.4. The van der Waals surface area contributed by atoms with Crippen molar-refractivity contribution in [3.63, 3.8) is 0 Å². The summed E-state index contributed by atoms with van der Waals surface area (Å²) in [7, 11) is 0. The molecule has 1 aromatic rings. The van der Waals surface area contributed by atoms with Gasteiger partial charge in [-0.15, -0.1) is 0 Å². The van der Waals surface area contributed by atoms with Crippen molar-refractivity contribution >= 4 is 0 Å². The second kappa shape index (κ2) is 4.96. The molecule has 2 unspecified atom stereocenters. The van der Waals surface area contributed by atoms with E-state index in [0.29, 0.717) is 12.1 Å². The Kier molecular flexibility index (Phi) is 3.17. The van der Waals surface area contributed by atoms with Crippen LogP contribution in [0.5, 0.6) is 0 Å². The van der Waals surface area contributed by atoms with Crippen molar-refractivity contribution in [2.24, 2.45) is 0 Å². The third-order valence-corrected chi connectivity index (χ3v) is 4.13. The van der Waals surface area contributed by atoms with Crippen LogP contribution in [-0.4, -0.2) is 17.0 Å². The maximum Gasteiger partial charge on any atom is 0.0944 e. The molecule has 3 rings (SSSR count). The van der Waals surface area contributed by atoms with E-state index in [9.17, 15) is 0 Å². The van der Waals surface area contributed by atoms with E-state index in [2.05, 4.69) is 47.4 Å². The standard InChI is InChI=1S/C16H18N2/c17-11-14-9-15-7-4-8-16(10-14)18(15)12-13-5-2-1-3-6-13/h1-3,5-6,9,15-16H,4,7-8,10,12H2. The molecular formula is C16H18N2. The Balaban J connectivity index is 1.81. The summed E-state index contributed by atoms with van der Waals surface area (Å²) in [5.74, 6) is 0. The van der Waals surface area contributed by atoms with E-state index in [-0.39, 0.29) is 0 Å². The van der Waals surface area contributed by atoms with E-state index in [4.69, 9.17) is 5.26 Å². The highest BCUT2D eigenvalue weighted by Gasteiger charge is 2.33. The fraction of sp³-hybridized carbons (Fsp3) is 0.438. The third-order valence-electron chi connectivity index (χ3n) is 4.13. The van der Waals surface area contributed by atoms with Gasteiger partial charge in [-0.05, 0) is 24.8 Å². The van der Waals surface area contributed by atoms with Crippen LogP contribution in [0.2, 0.25) is 0 Å². The normalized spacial score (nSPS) is 27.4. The van der Waals surface area contributed by atoms with Crippen molar-refractivity contribution in [2.45, 2.75) is 44.3 Å². The molecule has 2 nitrogen and oxygen atoms in total. The monoisotopic (exact) mass is 238 g/mol. The Labute approximate surface area is 109 Å². The first-order chi connectivity index (χ1) is 8.86. The maximum absolute atomic E-state index is 9.09. The topological polar surface area (TPSA) is 27.0 Å². The van der Waals surface area contributed by atoms with Gasteiger partial charge in [0.05, 0.1) is 6.07 Å². The molecule has 0 saturated carbocycles. The highest BCUT2D eigenvalue weighted by molar-refractivity contribution is 5.28. The minimum atomic E-state index is 0.479. The number of benzene rings is 1. The van der Waals surface area contributed by atoms with Crippen molar-refractivity contribution < 1.29 is 0 Å². The van der Waals surface area contributed by atoms with Crippen molar-refractivity contribution in [3.05, 3.63) is 47.5 Å². The zero-order valence-corrected chi connectivity index (χ0v) is 10.5. The van der Waals surface area contributed by atoms with Gasteiger partial charge in [0.25, 0.3) is 0 Å². The second-order valence-corrected chi connectivity index (χ2v) is 5.32. The van der Waals surface area contributed by atoms with Gasteiger partial charge in [0.15, 0.2) is 0 Å². The van der Waals surface area contributed by atoms with E-state index in [1.165, 1.54) is 24.8 Å². The number of fused-ring (bicyclic) bond motifs is 2. The summed E-state index contributed by atoms with van der Waals surface area (Å²) >= 11 is 0. The predicted octanol–water partition coefficient (Wildman–Crippen LogP) is 3.26. The molecule has 0 aliphatic carbocycles. The van der Waals surface area contributed by atoms with Crippen molar-refractivity contribution in [1.82, 2.24) is 4.90 Å². The second-order valence-electron chi connectivity index (χ2n) is 5.32. The summed E-state index contributed by atoms with van der Waals surface area (Å²) in [6, 6.07) is 14.1. The third kappa shape index (κ3) is 2.19. The number of piperidine rings is 1. The maximum atomic E-state index is 9.09. The Morgan fingerprint density at radius 2 is 2.06 bits per heavy atom. The lowest BCUT2D eigenvalue weighted by Crippen LogP contribution is -2.47. The minimum absolute atomic E-state index is 0.479. The van der Waals surface area contributed by atoms with Crippen LogP contribution in [-0.2, 0) is 6.54 Å². The lowest BCUT2D eigenvalue weighted by atomic mass is 9.85. The van der Waals surface area contributed by atoms with Gasteiger partial charge in [-0.2, -0.15) is 5.26 Å². The summed E-state index contributed by atoms with van der Waals surface area (Å²) in [6.45, 7) is 1.02. The number of hydrogen-bond donors (Lipinski definition) is 0. The van der Waals surface area contributed by atoms with Gasteiger partial charge >= 0.3 is 0 Å². The number of hydrogen-bond acceptors (Lipinski definition) is 2. The van der Waals surface area contributed by atoms with E-state index >= 15 is 0 Å². The number of rotatable bonds is 2. The van der Waals surface area contributed by atoms with Crippen molar-refractivity contribution in [2.75, 3.05) is 0 Å². The van der Waals surface area contributed by atoms with Gasteiger partial charge in [-0.3, -0.25) is 4.90 Å². The van der Waals surface area contributed by atoms with Crippen LogP contribution in [0.4, 0.5) is 0 Å². The average molecular weight is 238 g/mol. The smallest absolute Gasteiger partial charge is 0.0944 e. The molecular weight excluding hydrogens is 220 g/mol. The average Bonchev–Trinajstić information content (AvgIpc) is 2.39. The molecule has 1 aromatic carbocycles. The molecule has 2 heteroatoms. The molecule has 18 heavy (non-hydrogen) atoms. The summed E-state index contributed by atoms with van der Waals surface area (Å²) in [5.41, 5.74) is 2.37. The van der Waals surface area contributed by atoms with Gasteiger partial charge < -0.3 is 0 Å². The van der Waals surface area contributed by atoms with E-state index < -0.39 is 0 Å². The van der Waals surface area contributed by atoms with E-state index in [1.54, 1.807) is 0 Å². The largest absolute Gasteiger partial charge is 0.289 e. The molecule has 2 atom stereocenters. The van der Waals surface area contributed by atoms with Gasteiger partial charge in [-0.1, -0.05) is 42.8 Å². The summed E-state index contributed by atoms with van der Waals surface area (Å²) in [5, 5.41) is 9.09. The van der Waals surface area contributed by atoms with Crippen LogP contribution in [0.1, 0.15) is 31.2 Å². The highest BCUT2D eigenvalue weighted by atomic mass is 15.2. The molecule has 0 radical (unpaired) electrons. The van der Waals surface area contributed by atoms with Crippen LogP contribution in [0, 0.1) is 11.3 Å². The Bertz CT molecular complexity index is 484. The molecule has 92 valence electrons. The first-order valence-electron chi connectivity index (χ1n) is 6.77. The molecule has 0 aromatic heterocycles. The fourth-order valence-corrected chi connectivity index (χ4v) is 3.24. The molecule has 1 fully saturated rings. The zero-order valence-electron chi connectivity index (χ0n) is 10.5. The molecule has 2 aliphatic rings.